The largest absolute Gasteiger partial charge is 0.354 e. The second-order valence-electron chi connectivity index (χ2n) is 8.56. The summed E-state index contributed by atoms with van der Waals surface area (Å²) in [6, 6.07) is 16.1. The second-order valence-corrected chi connectivity index (χ2v) is 10.5. The number of nitrogens with zero attached hydrogens (tertiary/aromatic N) is 1. The van der Waals surface area contributed by atoms with Gasteiger partial charge in [0.05, 0.1) is 11.0 Å². The number of rotatable bonds is 9. The van der Waals surface area contributed by atoms with Gasteiger partial charge in [-0.3, -0.25) is 9.59 Å². The molecule has 2 aromatic carbocycles. The Kier molecular flexibility index (Phi) is 7.45. The van der Waals surface area contributed by atoms with Gasteiger partial charge in [0.1, 0.15) is 6.23 Å². The van der Waals surface area contributed by atoms with E-state index in [1.54, 1.807) is 0 Å². The quantitative estimate of drug-likeness (QED) is 0.420. The van der Waals surface area contributed by atoms with Gasteiger partial charge in [-0.15, -0.1) is 0 Å². The predicted molar refractivity (Wildman–Crippen MR) is 127 cm³/mol. The summed E-state index contributed by atoms with van der Waals surface area (Å²) in [7, 11) is -3.70. The minimum absolute atomic E-state index is 0.0193. The number of carbonyl (C=O) groups excluding carboxylic acids is 2. The molecule has 0 radical (unpaired) electrons. The lowest BCUT2D eigenvalue weighted by molar-refractivity contribution is -0.120. The van der Waals surface area contributed by atoms with Gasteiger partial charge in [-0.2, -0.15) is 4.31 Å². The van der Waals surface area contributed by atoms with Crippen LogP contribution in [0, 0.1) is 5.92 Å². The molecule has 2 aliphatic rings. The molecule has 34 heavy (non-hydrogen) atoms. The lowest BCUT2D eigenvalue weighted by Crippen LogP contribution is -2.37. The smallest absolute Gasteiger partial charge is 0.251 e. The number of carbonyl (C=O) groups is 2. The Bertz CT molecular complexity index is 1120. The highest BCUT2D eigenvalue weighted by molar-refractivity contribution is 7.89. The normalized spacial score (nSPS) is 22.2. The number of hydrogen-bond donors (Lipinski definition) is 2. The van der Waals surface area contributed by atoms with E-state index in [2.05, 4.69) is 29.3 Å². The molecule has 0 spiro atoms. The summed E-state index contributed by atoms with van der Waals surface area (Å²) in [6.45, 7) is 4.52. The zero-order valence-electron chi connectivity index (χ0n) is 18.9. The number of hydrogen-bond acceptors (Lipinski definition) is 5. The molecule has 8 nitrogen and oxygen atoms in total. The molecular formula is C25H29N3O5S. The molecule has 0 saturated carbocycles. The maximum atomic E-state index is 13.1. The number of fused-ring (bicyclic) bond motifs is 1. The Balaban J connectivity index is 1.28. The lowest BCUT2D eigenvalue weighted by atomic mass is 10.1. The third-order valence-corrected chi connectivity index (χ3v) is 8.06. The van der Waals surface area contributed by atoms with E-state index in [0.29, 0.717) is 25.1 Å². The number of aryl methyl sites for hydroxylation is 1. The maximum absolute atomic E-state index is 13.1. The fourth-order valence-corrected chi connectivity index (χ4v) is 5.91. The molecule has 3 unspecified atom stereocenters. The molecule has 0 aromatic heterocycles. The molecule has 9 heteroatoms. The van der Waals surface area contributed by atoms with E-state index in [4.69, 9.17) is 4.74 Å². The molecule has 0 aliphatic carbocycles. The van der Waals surface area contributed by atoms with Crippen molar-refractivity contribution in [2.75, 3.05) is 19.6 Å². The van der Waals surface area contributed by atoms with Gasteiger partial charge < -0.3 is 15.4 Å². The van der Waals surface area contributed by atoms with Gasteiger partial charge in [0.2, 0.25) is 15.9 Å². The first-order valence-corrected chi connectivity index (χ1v) is 12.8. The maximum Gasteiger partial charge on any atom is 0.251 e. The Hall–Kier alpha value is -3.01. The lowest BCUT2D eigenvalue weighted by Gasteiger charge is -2.19. The van der Waals surface area contributed by atoms with Crippen molar-refractivity contribution in [1.82, 2.24) is 14.9 Å². The van der Waals surface area contributed by atoms with Gasteiger partial charge in [0.25, 0.3) is 5.91 Å². The highest BCUT2D eigenvalue weighted by atomic mass is 32.2. The van der Waals surface area contributed by atoms with Gasteiger partial charge in [0, 0.05) is 31.1 Å². The average molecular weight is 484 g/mol. The fourth-order valence-electron chi connectivity index (χ4n) is 4.40. The van der Waals surface area contributed by atoms with Crippen LogP contribution in [0.1, 0.15) is 28.8 Å². The van der Waals surface area contributed by atoms with Crippen molar-refractivity contribution in [3.05, 3.63) is 78.4 Å². The first-order valence-electron chi connectivity index (χ1n) is 11.4. The first kappa shape index (κ1) is 24.1. The highest BCUT2D eigenvalue weighted by Gasteiger charge is 2.46. The van der Waals surface area contributed by atoms with E-state index in [0.717, 1.165) is 12.8 Å². The Morgan fingerprint density at radius 3 is 2.50 bits per heavy atom. The van der Waals surface area contributed by atoms with Crippen molar-refractivity contribution in [2.24, 2.45) is 5.92 Å². The van der Waals surface area contributed by atoms with E-state index in [1.807, 2.05) is 18.2 Å². The van der Waals surface area contributed by atoms with Gasteiger partial charge in [0.15, 0.2) is 0 Å². The number of nitrogens with one attached hydrogen (secondary N) is 2. The van der Waals surface area contributed by atoms with E-state index >= 15 is 0 Å². The van der Waals surface area contributed by atoms with E-state index < -0.39 is 16.3 Å². The average Bonchev–Trinajstić information content (AvgIpc) is 3.41. The summed E-state index contributed by atoms with van der Waals surface area (Å²) in [5.41, 5.74) is 1.64. The zero-order valence-corrected chi connectivity index (χ0v) is 19.7. The summed E-state index contributed by atoms with van der Waals surface area (Å²) in [5, 5.41) is 5.58. The number of amides is 2. The van der Waals surface area contributed by atoms with Crippen LogP contribution in [-0.2, 0) is 26.0 Å². The van der Waals surface area contributed by atoms with Crippen molar-refractivity contribution in [3.8, 4) is 0 Å². The summed E-state index contributed by atoms with van der Waals surface area (Å²) in [5.74, 6) is -0.519. The molecule has 2 saturated heterocycles. The molecule has 4 rings (SSSR count). The minimum Gasteiger partial charge on any atom is -0.354 e. The zero-order chi connectivity index (χ0) is 24.1. The number of sulfonamides is 1. The van der Waals surface area contributed by atoms with Crippen LogP contribution in [0.2, 0.25) is 0 Å². The Morgan fingerprint density at radius 2 is 1.82 bits per heavy atom. The third-order valence-electron chi connectivity index (χ3n) is 6.22. The van der Waals surface area contributed by atoms with Crippen molar-refractivity contribution in [2.45, 2.75) is 36.5 Å². The molecule has 2 aliphatic heterocycles. The van der Waals surface area contributed by atoms with E-state index in [-0.39, 0.29) is 35.3 Å². The molecule has 2 fully saturated rings. The molecule has 2 heterocycles. The van der Waals surface area contributed by atoms with E-state index in [9.17, 15) is 18.0 Å². The summed E-state index contributed by atoms with van der Waals surface area (Å²) >= 11 is 0. The summed E-state index contributed by atoms with van der Waals surface area (Å²) in [4.78, 5) is 24.0. The van der Waals surface area contributed by atoms with Crippen molar-refractivity contribution < 1.29 is 22.7 Å². The van der Waals surface area contributed by atoms with Crippen LogP contribution >= 0.6 is 0 Å². The SMILES string of the molecule is C=CC(=O)NC1CC2CN(S(=O)(=O)c3ccc(C(=O)NCCCc4ccccc4)cc3)CC2O1. The van der Waals surface area contributed by atoms with Gasteiger partial charge in [-0.25, -0.2) is 8.42 Å². The molecule has 180 valence electrons. The van der Waals surface area contributed by atoms with Crippen LogP contribution in [0.5, 0.6) is 0 Å². The van der Waals surface area contributed by atoms with Crippen LogP contribution in [0.3, 0.4) is 0 Å². The molecule has 0 bridgehead atoms. The summed E-state index contributed by atoms with van der Waals surface area (Å²) < 4.78 is 33.4. The van der Waals surface area contributed by atoms with Crippen LogP contribution in [0.15, 0.2) is 72.1 Å². The van der Waals surface area contributed by atoms with Gasteiger partial charge in [-0.05, 0) is 55.2 Å². The van der Waals surface area contributed by atoms with Gasteiger partial charge >= 0.3 is 0 Å². The predicted octanol–water partition coefficient (Wildman–Crippen LogP) is 2.09. The highest BCUT2D eigenvalue weighted by Crippen LogP contribution is 2.34. The molecule has 2 aromatic rings. The summed E-state index contributed by atoms with van der Waals surface area (Å²) in [6.07, 6.45) is 2.75. The monoisotopic (exact) mass is 483 g/mol. The van der Waals surface area contributed by atoms with Gasteiger partial charge in [-0.1, -0.05) is 36.9 Å². The van der Waals surface area contributed by atoms with E-state index in [1.165, 1.54) is 40.2 Å². The molecule has 3 atom stereocenters. The Labute approximate surface area is 200 Å². The van der Waals surface area contributed by atoms with Crippen molar-refractivity contribution >= 4 is 21.8 Å². The van der Waals surface area contributed by atoms with Crippen molar-refractivity contribution in [3.63, 3.8) is 0 Å². The standard InChI is InChI=1S/C25H29N3O5S/c1-2-23(29)27-24-15-20-16-28(17-22(20)33-24)34(31,32)21-12-10-19(11-13-21)25(30)26-14-6-9-18-7-4-3-5-8-18/h2-5,7-8,10-13,20,22,24H,1,6,9,14-17H2,(H,26,30)(H,27,29). The molecule has 2 amide bonds. The first-order chi connectivity index (χ1) is 16.4. The van der Waals surface area contributed by atoms with Crippen LogP contribution in [0.4, 0.5) is 0 Å². The number of ether oxygens (including phenoxy) is 1. The van der Waals surface area contributed by atoms with Crippen LogP contribution in [-0.4, -0.2) is 56.5 Å². The van der Waals surface area contributed by atoms with Crippen LogP contribution < -0.4 is 10.6 Å². The molecular weight excluding hydrogens is 454 g/mol. The molecule has 2 N–H and O–H groups in total. The van der Waals surface area contributed by atoms with Crippen molar-refractivity contribution in [1.29, 1.82) is 0 Å². The fraction of sp³-hybridized carbons (Fsp3) is 0.360. The van der Waals surface area contributed by atoms with Crippen LogP contribution in [0.25, 0.3) is 0 Å². The topological polar surface area (TPSA) is 105 Å². The second kappa shape index (κ2) is 10.5. The number of benzene rings is 2. The third kappa shape index (κ3) is 5.55. The minimum atomic E-state index is -3.70. The Morgan fingerprint density at radius 1 is 1.09 bits per heavy atom.